The Morgan fingerprint density at radius 2 is 1.79 bits per heavy atom. The van der Waals surface area contributed by atoms with E-state index >= 15 is 0 Å². The smallest absolute Gasteiger partial charge is 0.0407 e. The number of hydrogen-bond acceptors (Lipinski definition) is 3. The number of nitrogens with one attached hydrogen (secondary N) is 1. The van der Waals surface area contributed by atoms with Crippen LogP contribution in [-0.2, 0) is 6.54 Å². The molecule has 0 aliphatic heterocycles. The first kappa shape index (κ1) is 13.8. The predicted molar refractivity (Wildman–Crippen MR) is 80.5 cm³/mol. The van der Waals surface area contributed by atoms with Crippen LogP contribution in [0.15, 0.2) is 48.8 Å². The highest BCUT2D eigenvalue weighted by atomic mass is 35.5. The van der Waals surface area contributed by atoms with Crippen LogP contribution in [0.4, 0.5) is 5.69 Å². The van der Waals surface area contributed by atoms with Gasteiger partial charge in [-0.15, -0.1) is 0 Å². The van der Waals surface area contributed by atoms with Gasteiger partial charge in [-0.05, 0) is 49.0 Å². The van der Waals surface area contributed by atoms with Crippen molar-refractivity contribution in [2.75, 3.05) is 25.5 Å². The summed E-state index contributed by atoms with van der Waals surface area (Å²) in [5, 5.41) is 4.14. The summed E-state index contributed by atoms with van der Waals surface area (Å²) in [7, 11) is 2.12. The highest BCUT2D eigenvalue weighted by molar-refractivity contribution is 6.30. The molecule has 0 atom stereocenters. The van der Waals surface area contributed by atoms with Crippen LogP contribution in [0, 0.1) is 0 Å². The van der Waals surface area contributed by atoms with Crippen molar-refractivity contribution in [1.82, 2.24) is 9.88 Å². The molecule has 0 amide bonds. The molecule has 0 saturated carbocycles. The van der Waals surface area contributed by atoms with Crippen molar-refractivity contribution in [2.45, 2.75) is 6.54 Å². The summed E-state index contributed by atoms with van der Waals surface area (Å²) in [6.45, 7) is 2.82. The number of aromatic nitrogens is 1. The number of likely N-dealkylation sites (N-methyl/N-ethyl adjacent to an activating group) is 1. The molecule has 19 heavy (non-hydrogen) atoms. The molecule has 100 valence electrons. The van der Waals surface area contributed by atoms with Gasteiger partial charge in [0.15, 0.2) is 0 Å². The molecular weight excluding hydrogens is 258 g/mol. The number of nitrogens with zero attached hydrogens (tertiary/aromatic N) is 2. The highest BCUT2D eigenvalue weighted by Crippen LogP contribution is 2.13. The Balaban J connectivity index is 1.72. The van der Waals surface area contributed by atoms with Crippen molar-refractivity contribution in [3.8, 4) is 0 Å². The highest BCUT2D eigenvalue weighted by Gasteiger charge is 2.00. The Kier molecular flexibility index (Phi) is 5.19. The quantitative estimate of drug-likeness (QED) is 0.877. The van der Waals surface area contributed by atoms with Crippen LogP contribution in [-0.4, -0.2) is 30.0 Å². The summed E-state index contributed by atoms with van der Waals surface area (Å²) in [6.07, 6.45) is 3.66. The number of pyridine rings is 1. The largest absolute Gasteiger partial charge is 0.384 e. The van der Waals surface area contributed by atoms with E-state index in [9.17, 15) is 0 Å². The second kappa shape index (κ2) is 7.12. The fourth-order valence-electron chi connectivity index (χ4n) is 1.84. The maximum absolute atomic E-state index is 5.85. The molecule has 0 aliphatic rings. The summed E-state index contributed by atoms with van der Waals surface area (Å²) in [6, 6.07) is 11.9. The van der Waals surface area contributed by atoms with Crippen LogP contribution in [0.5, 0.6) is 0 Å². The number of anilines is 1. The number of rotatable bonds is 6. The zero-order valence-corrected chi connectivity index (χ0v) is 11.8. The van der Waals surface area contributed by atoms with Crippen molar-refractivity contribution in [3.63, 3.8) is 0 Å². The zero-order valence-electron chi connectivity index (χ0n) is 11.0. The molecule has 2 aromatic rings. The van der Waals surface area contributed by atoms with Crippen LogP contribution in [0.2, 0.25) is 5.02 Å². The molecule has 3 nitrogen and oxygen atoms in total. The molecule has 0 bridgehead atoms. The molecular formula is C15H18ClN3. The van der Waals surface area contributed by atoms with E-state index in [1.165, 1.54) is 5.56 Å². The fourth-order valence-corrected chi connectivity index (χ4v) is 1.96. The topological polar surface area (TPSA) is 28.2 Å². The molecule has 4 heteroatoms. The predicted octanol–water partition coefficient (Wildman–Crippen LogP) is 3.28. The zero-order chi connectivity index (χ0) is 13.5. The van der Waals surface area contributed by atoms with E-state index in [0.29, 0.717) is 0 Å². The molecule has 1 aromatic carbocycles. The van der Waals surface area contributed by atoms with Crippen molar-refractivity contribution >= 4 is 17.3 Å². The van der Waals surface area contributed by atoms with Gasteiger partial charge in [0.2, 0.25) is 0 Å². The fraction of sp³-hybridized carbons (Fsp3) is 0.267. The molecule has 2 rings (SSSR count). The van der Waals surface area contributed by atoms with Crippen LogP contribution in [0.25, 0.3) is 0 Å². The average molecular weight is 276 g/mol. The lowest BCUT2D eigenvalue weighted by molar-refractivity contribution is 0.340. The summed E-state index contributed by atoms with van der Waals surface area (Å²) < 4.78 is 0. The van der Waals surface area contributed by atoms with Crippen molar-refractivity contribution in [2.24, 2.45) is 0 Å². The summed E-state index contributed by atoms with van der Waals surface area (Å²) >= 11 is 5.85. The minimum atomic E-state index is 0.764. The second-order valence-electron chi connectivity index (χ2n) is 4.53. The lowest BCUT2D eigenvalue weighted by Gasteiger charge is -2.17. The van der Waals surface area contributed by atoms with Crippen LogP contribution < -0.4 is 5.32 Å². The van der Waals surface area contributed by atoms with E-state index in [0.717, 1.165) is 30.3 Å². The first-order valence-electron chi connectivity index (χ1n) is 6.31. The first-order chi connectivity index (χ1) is 9.24. The van der Waals surface area contributed by atoms with Gasteiger partial charge in [-0.2, -0.15) is 0 Å². The minimum Gasteiger partial charge on any atom is -0.384 e. The van der Waals surface area contributed by atoms with Crippen molar-refractivity contribution < 1.29 is 0 Å². The summed E-state index contributed by atoms with van der Waals surface area (Å²) in [5.41, 5.74) is 2.38. The molecule has 0 spiro atoms. The lowest BCUT2D eigenvalue weighted by atomic mass is 10.2. The average Bonchev–Trinajstić information content (AvgIpc) is 2.42. The summed E-state index contributed by atoms with van der Waals surface area (Å²) in [4.78, 5) is 6.30. The van der Waals surface area contributed by atoms with E-state index < -0.39 is 0 Å². The van der Waals surface area contributed by atoms with Gasteiger partial charge >= 0.3 is 0 Å². The molecule has 0 fully saturated rings. The Hall–Kier alpha value is -1.58. The molecule has 1 N–H and O–H groups in total. The van der Waals surface area contributed by atoms with Gasteiger partial charge in [0.25, 0.3) is 0 Å². The Labute approximate surface area is 119 Å². The van der Waals surface area contributed by atoms with Gasteiger partial charge in [-0.1, -0.05) is 11.6 Å². The maximum atomic E-state index is 5.85. The third-order valence-corrected chi connectivity index (χ3v) is 3.12. The van der Waals surface area contributed by atoms with Gasteiger partial charge in [0, 0.05) is 42.7 Å². The number of benzene rings is 1. The normalized spacial score (nSPS) is 10.7. The maximum Gasteiger partial charge on any atom is 0.0407 e. The summed E-state index contributed by atoms with van der Waals surface area (Å²) in [5.74, 6) is 0. The third kappa shape index (κ3) is 4.89. The van der Waals surface area contributed by atoms with Gasteiger partial charge < -0.3 is 10.2 Å². The Morgan fingerprint density at radius 1 is 1.11 bits per heavy atom. The molecule has 0 radical (unpaired) electrons. The molecule has 0 saturated heterocycles. The number of halogens is 1. The van der Waals surface area contributed by atoms with Crippen LogP contribution in [0.3, 0.4) is 0 Å². The lowest BCUT2D eigenvalue weighted by Crippen LogP contribution is -2.24. The molecule has 1 aromatic heterocycles. The van der Waals surface area contributed by atoms with Gasteiger partial charge in [-0.3, -0.25) is 4.98 Å². The molecule has 0 aliphatic carbocycles. The Bertz CT molecular complexity index is 485. The van der Waals surface area contributed by atoms with E-state index in [4.69, 9.17) is 11.6 Å². The van der Waals surface area contributed by atoms with Crippen LogP contribution in [0.1, 0.15) is 5.56 Å². The van der Waals surface area contributed by atoms with Crippen molar-refractivity contribution in [3.05, 3.63) is 59.4 Å². The number of hydrogen-bond donors (Lipinski definition) is 1. The van der Waals surface area contributed by atoms with E-state index in [1.807, 2.05) is 48.8 Å². The standard InChI is InChI=1S/C15H18ClN3/c1-19(12-13-6-8-17-9-7-13)11-10-18-15-4-2-14(16)3-5-15/h2-9,18H,10-12H2,1H3. The second-order valence-corrected chi connectivity index (χ2v) is 4.96. The van der Waals surface area contributed by atoms with Crippen molar-refractivity contribution in [1.29, 1.82) is 0 Å². The minimum absolute atomic E-state index is 0.764. The first-order valence-corrected chi connectivity index (χ1v) is 6.69. The molecule has 1 heterocycles. The monoisotopic (exact) mass is 275 g/mol. The van der Waals surface area contributed by atoms with Crippen LogP contribution >= 0.6 is 11.6 Å². The van der Waals surface area contributed by atoms with E-state index in [1.54, 1.807) is 0 Å². The van der Waals surface area contributed by atoms with Gasteiger partial charge in [0.05, 0.1) is 0 Å². The third-order valence-electron chi connectivity index (χ3n) is 2.87. The Morgan fingerprint density at radius 3 is 2.47 bits per heavy atom. The van der Waals surface area contributed by atoms with Gasteiger partial charge in [0.1, 0.15) is 0 Å². The molecule has 0 unspecified atom stereocenters. The van der Waals surface area contributed by atoms with E-state index in [-0.39, 0.29) is 0 Å². The SMILES string of the molecule is CN(CCNc1ccc(Cl)cc1)Cc1ccncc1. The van der Waals surface area contributed by atoms with Gasteiger partial charge in [-0.25, -0.2) is 0 Å². The van der Waals surface area contributed by atoms with E-state index in [2.05, 4.69) is 22.2 Å².